The molecule has 2 aromatic carbocycles. The molecule has 6 rings (SSSR count). The zero-order valence-electron chi connectivity index (χ0n) is 26.0. The molecular formula is C38H50Cl2Zr. The summed E-state index contributed by atoms with van der Waals surface area (Å²) in [6, 6.07) is 19.0. The minimum absolute atomic E-state index is 0. The Kier molecular flexibility index (Phi) is 11.4. The van der Waals surface area contributed by atoms with Gasteiger partial charge in [-0.2, -0.15) is 0 Å². The van der Waals surface area contributed by atoms with Crippen molar-refractivity contribution >= 4 is 12.2 Å². The van der Waals surface area contributed by atoms with E-state index in [9.17, 15) is 0 Å². The quantitative estimate of drug-likeness (QED) is 0.417. The summed E-state index contributed by atoms with van der Waals surface area (Å²) in [5.74, 6) is 6.51. The van der Waals surface area contributed by atoms with Crippen molar-refractivity contribution in [3.05, 3.63) is 81.9 Å². The number of hydrogen-bond donors (Lipinski definition) is 0. The van der Waals surface area contributed by atoms with Crippen LogP contribution in [0, 0.1) is 47.3 Å². The van der Waals surface area contributed by atoms with Crippen molar-refractivity contribution in [1.82, 2.24) is 0 Å². The average Bonchev–Trinajstić information content (AvgIpc) is 3.47. The smallest absolute Gasteiger partial charge is 1.00 e. The molecule has 0 radical (unpaired) electrons. The van der Waals surface area contributed by atoms with Crippen LogP contribution in [0.15, 0.2) is 59.7 Å². The fraction of sp³-hybridized carbons (Fsp3) is 0.579. The molecule has 0 N–H and O–H groups in total. The van der Waals surface area contributed by atoms with Crippen molar-refractivity contribution in [2.45, 2.75) is 87.3 Å². The van der Waals surface area contributed by atoms with E-state index >= 15 is 0 Å². The molecule has 0 amide bonds. The van der Waals surface area contributed by atoms with Crippen LogP contribution in [0.1, 0.15) is 110 Å². The van der Waals surface area contributed by atoms with Gasteiger partial charge in [0.05, 0.1) is 0 Å². The summed E-state index contributed by atoms with van der Waals surface area (Å²) in [4.78, 5) is 0. The average molecular weight is 669 g/mol. The monoisotopic (exact) mass is 666 g/mol. The molecule has 0 heterocycles. The molecule has 2 saturated carbocycles. The normalized spacial score (nSPS) is 32.3. The van der Waals surface area contributed by atoms with Gasteiger partial charge in [-0.15, -0.1) is 0 Å². The molecule has 8 unspecified atom stereocenters. The standard InChI is InChI=1S/2C19H25.2ClH.Zr/c2*1-13(2)18-9-8-14(3)10-19(18)17-11-15-6-4-5-7-16(15)12-17;;;/h2*4-7,11-14,18-19H,8-10H2,1-3H3;2*1H;/q;;;;+2/p-2. The Balaban J connectivity index is 0.00000194. The summed E-state index contributed by atoms with van der Waals surface area (Å²) in [6.07, 6.45) is 13.9. The molecule has 2 aromatic rings. The van der Waals surface area contributed by atoms with Crippen molar-refractivity contribution in [2.24, 2.45) is 47.3 Å². The first-order chi connectivity index (χ1) is 18.8. The molecule has 3 heteroatoms. The van der Waals surface area contributed by atoms with Gasteiger partial charge in [-0.05, 0) is 0 Å². The number of fused-ring (bicyclic) bond motifs is 2. The summed E-state index contributed by atoms with van der Waals surface area (Å²) in [7, 11) is 0. The van der Waals surface area contributed by atoms with Gasteiger partial charge < -0.3 is 24.8 Å². The van der Waals surface area contributed by atoms with E-state index in [4.69, 9.17) is 0 Å². The topological polar surface area (TPSA) is 0 Å². The van der Waals surface area contributed by atoms with Crippen LogP contribution in [-0.2, 0) is 23.2 Å². The van der Waals surface area contributed by atoms with Crippen LogP contribution in [0.2, 0.25) is 0 Å². The van der Waals surface area contributed by atoms with Crippen LogP contribution in [-0.4, -0.2) is 0 Å². The Hall–Kier alpha value is -0.617. The summed E-state index contributed by atoms with van der Waals surface area (Å²) in [5, 5.41) is 0. The molecule has 0 aliphatic heterocycles. The van der Waals surface area contributed by atoms with Gasteiger partial charge in [0.25, 0.3) is 0 Å². The largest absolute Gasteiger partial charge is 1.00 e. The summed E-state index contributed by atoms with van der Waals surface area (Å²) >= 11 is -0.895. The molecule has 4 aliphatic rings. The molecule has 220 valence electrons. The summed E-state index contributed by atoms with van der Waals surface area (Å²) < 4.78 is 1.44. The van der Waals surface area contributed by atoms with Gasteiger partial charge in [-0.3, -0.25) is 0 Å². The molecular weight excluding hydrogens is 619 g/mol. The second kappa shape index (κ2) is 14.0. The fourth-order valence-corrected chi connectivity index (χ4v) is 14.4. The molecule has 0 bridgehead atoms. The Bertz CT molecular complexity index is 1150. The Labute approximate surface area is 275 Å². The summed E-state index contributed by atoms with van der Waals surface area (Å²) in [6.45, 7) is 15.0. The van der Waals surface area contributed by atoms with Gasteiger partial charge in [0.2, 0.25) is 0 Å². The van der Waals surface area contributed by atoms with E-state index in [0.717, 1.165) is 54.6 Å². The SMILES string of the molecule is CC1CCC(C(C)C)C(C2=Cc3ccccc3[CH]2[Zr+2][CH]2C(C3CC(C)CCC3C(C)C)=Cc3ccccc32)C1.[Cl-].[Cl-]. The Morgan fingerprint density at radius 3 is 1.37 bits per heavy atom. The fourth-order valence-electron chi connectivity index (χ4n) is 9.05. The van der Waals surface area contributed by atoms with Crippen LogP contribution in [0.5, 0.6) is 0 Å². The number of benzene rings is 2. The van der Waals surface area contributed by atoms with E-state index in [2.05, 4.69) is 102 Å². The van der Waals surface area contributed by atoms with Gasteiger partial charge in [0, 0.05) is 0 Å². The van der Waals surface area contributed by atoms with E-state index in [0.29, 0.717) is 0 Å². The predicted octanol–water partition coefficient (Wildman–Crippen LogP) is 4.77. The van der Waals surface area contributed by atoms with Crippen molar-refractivity contribution in [2.75, 3.05) is 0 Å². The Morgan fingerprint density at radius 2 is 0.976 bits per heavy atom. The maximum Gasteiger partial charge on any atom is -1.00 e. The predicted molar refractivity (Wildman–Crippen MR) is 164 cm³/mol. The summed E-state index contributed by atoms with van der Waals surface area (Å²) in [5.41, 5.74) is 10.2. The van der Waals surface area contributed by atoms with Crippen LogP contribution in [0.25, 0.3) is 12.2 Å². The number of allylic oxidation sites excluding steroid dienone is 2. The van der Waals surface area contributed by atoms with Crippen LogP contribution in [0.4, 0.5) is 0 Å². The third-order valence-corrected chi connectivity index (χ3v) is 16.0. The van der Waals surface area contributed by atoms with Gasteiger partial charge in [-0.25, -0.2) is 0 Å². The number of rotatable bonds is 6. The zero-order valence-corrected chi connectivity index (χ0v) is 30.0. The van der Waals surface area contributed by atoms with E-state index in [1.165, 1.54) is 38.5 Å². The zero-order chi connectivity index (χ0) is 27.3. The maximum atomic E-state index is 2.70. The Morgan fingerprint density at radius 1 is 0.585 bits per heavy atom. The minimum Gasteiger partial charge on any atom is -1.00 e. The molecule has 0 saturated heterocycles. The molecule has 0 nitrogen and oxygen atoms in total. The van der Waals surface area contributed by atoms with Crippen molar-refractivity contribution in [3.63, 3.8) is 0 Å². The molecule has 41 heavy (non-hydrogen) atoms. The first-order valence-corrected chi connectivity index (χ1v) is 19.0. The number of hydrogen-bond acceptors (Lipinski definition) is 0. The van der Waals surface area contributed by atoms with Crippen molar-refractivity contribution in [3.8, 4) is 0 Å². The van der Waals surface area contributed by atoms with Crippen LogP contribution >= 0.6 is 0 Å². The first kappa shape index (κ1) is 33.3. The first-order valence-electron chi connectivity index (χ1n) is 16.2. The van der Waals surface area contributed by atoms with E-state index in [-0.39, 0.29) is 24.8 Å². The van der Waals surface area contributed by atoms with Crippen LogP contribution in [0.3, 0.4) is 0 Å². The van der Waals surface area contributed by atoms with Crippen molar-refractivity contribution in [1.29, 1.82) is 0 Å². The number of halogens is 2. The van der Waals surface area contributed by atoms with E-state index in [1.54, 1.807) is 22.3 Å². The van der Waals surface area contributed by atoms with Gasteiger partial charge in [-0.1, -0.05) is 0 Å². The maximum absolute atomic E-state index is 2.70. The van der Waals surface area contributed by atoms with E-state index in [1.807, 2.05) is 11.1 Å². The minimum atomic E-state index is -0.895. The second-order valence-corrected chi connectivity index (χ2v) is 18.1. The molecule has 0 spiro atoms. The molecule has 8 atom stereocenters. The third kappa shape index (κ3) is 6.59. The van der Waals surface area contributed by atoms with Gasteiger partial charge in [0.1, 0.15) is 0 Å². The van der Waals surface area contributed by atoms with Gasteiger partial charge >= 0.3 is 252 Å². The molecule has 2 fully saturated rings. The van der Waals surface area contributed by atoms with Crippen molar-refractivity contribution < 1.29 is 48.0 Å². The molecule has 0 aromatic heterocycles. The molecule has 4 aliphatic carbocycles. The van der Waals surface area contributed by atoms with Crippen LogP contribution < -0.4 is 24.8 Å². The third-order valence-electron chi connectivity index (χ3n) is 11.2. The second-order valence-electron chi connectivity index (χ2n) is 14.4. The van der Waals surface area contributed by atoms with E-state index < -0.39 is 23.2 Å². The van der Waals surface area contributed by atoms with Gasteiger partial charge in [0.15, 0.2) is 0 Å².